The quantitative estimate of drug-likeness (QED) is 0.105. The lowest BCUT2D eigenvalue weighted by atomic mass is 9.98. The highest BCUT2D eigenvalue weighted by Gasteiger charge is 2.18. The van der Waals surface area contributed by atoms with E-state index in [1.807, 2.05) is 122 Å². The summed E-state index contributed by atoms with van der Waals surface area (Å²) in [6.45, 7) is 0. The molecule has 0 saturated carbocycles. The van der Waals surface area contributed by atoms with E-state index in [0.29, 0.717) is 0 Å². The minimum absolute atomic E-state index is 0.793. The fraction of sp³-hybridized carbons (Fsp3) is 0. The summed E-state index contributed by atoms with van der Waals surface area (Å²) in [6.07, 6.45) is 10.8. The number of rotatable bonds is 12. The van der Waals surface area contributed by atoms with E-state index in [1.54, 1.807) is 24.8 Å². The van der Waals surface area contributed by atoms with Crippen LogP contribution in [0.15, 0.2) is 377 Å². The Morgan fingerprint density at radius 2 is 0.414 bits per heavy atom. The van der Waals surface area contributed by atoms with Gasteiger partial charge in [-0.2, -0.15) is 0 Å². The Hall–Kier alpha value is -16.1. The SMILES string of the molecule is c1ccc(-c2cc(-c3ccc(-c4ccc5cc(-c6ccc7nc(-c8ccc9ccc%10cccnc%10c9n8)ccc7c6)ccc5n4)cc3)cc(-c3ccccn3)n2)nc1.c1ccc(-c2cc(-c3cccc(-c4ccc5cc(-c6ccc7nc(-c8ccc9ccc%10cccnc%10c9n8)ccc7c6)ccc5n4)c3)cc(-c3ccccn3)n2)nc1. The molecular weight excluding hydrogens is 1420 g/mol. The summed E-state index contributed by atoms with van der Waals surface area (Å²) < 4.78 is 0. The Labute approximate surface area is 665 Å². The van der Waals surface area contributed by atoms with Crippen molar-refractivity contribution in [1.82, 2.24) is 69.8 Å². The average Bonchev–Trinajstić information content (AvgIpc) is 0.768. The Morgan fingerprint density at radius 1 is 0.121 bits per heavy atom. The van der Waals surface area contributed by atoms with E-state index in [2.05, 4.69) is 260 Å². The van der Waals surface area contributed by atoms with Crippen LogP contribution in [-0.2, 0) is 0 Å². The highest BCUT2D eigenvalue weighted by atomic mass is 14.8. The molecule has 0 N–H and O–H groups in total. The van der Waals surface area contributed by atoms with Crippen LogP contribution in [0.5, 0.6) is 0 Å². The number of pyridine rings is 14. The molecule has 0 aliphatic carbocycles. The van der Waals surface area contributed by atoms with Gasteiger partial charge in [0.2, 0.25) is 0 Å². The van der Waals surface area contributed by atoms with E-state index in [-0.39, 0.29) is 0 Å². The molecule has 22 rings (SSSR count). The van der Waals surface area contributed by atoms with Gasteiger partial charge in [0.1, 0.15) is 0 Å². The van der Waals surface area contributed by atoms with Crippen molar-refractivity contribution in [2.75, 3.05) is 0 Å². The van der Waals surface area contributed by atoms with E-state index < -0.39 is 0 Å². The molecule has 22 aromatic rings. The van der Waals surface area contributed by atoms with Crippen molar-refractivity contribution in [3.63, 3.8) is 0 Å². The van der Waals surface area contributed by atoms with Crippen LogP contribution in [0.3, 0.4) is 0 Å². The van der Waals surface area contributed by atoms with Crippen molar-refractivity contribution >= 4 is 87.2 Å². The van der Waals surface area contributed by atoms with Gasteiger partial charge in [0.05, 0.1) is 124 Å². The zero-order chi connectivity index (χ0) is 76.8. The monoisotopic (exact) mass is 1480 g/mol. The van der Waals surface area contributed by atoms with Gasteiger partial charge in [-0.05, 0) is 220 Å². The third-order valence-corrected chi connectivity index (χ3v) is 21.2. The van der Waals surface area contributed by atoms with Crippen LogP contribution in [-0.4, -0.2) is 69.8 Å². The number of hydrogen-bond acceptors (Lipinski definition) is 14. The zero-order valence-electron chi connectivity index (χ0n) is 62.1. The molecule has 14 heterocycles. The van der Waals surface area contributed by atoms with Crippen LogP contribution < -0.4 is 0 Å². The summed E-state index contributed by atoms with van der Waals surface area (Å²) in [7, 11) is 0. The average molecular weight is 1480 g/mol. The minimum atomic E-state index is 0.793. The maximum Gasteiger partial charge on any atom is 0.0972 e. The summed E-state index contributed by atoms with van der Waals surface area (Å²) in [5.41, 5.74) is 29.6. The molecule has 0 amide bonds. The van der Waals surface area contributed by atoms with Crippen molar-refractivity contribution in [2.24, 2.45) is 0 Å². The first-order valence-corrected chi connectivity index (χ1v) is 38.2. The first-order valence-electron chi connectivity index (χ1n) is 38.2. The lowest BCUT2D eigenvalue weighted by molar-refractivity contribution is 1.22. The second-order valence-corrected chi connectivity index (χ2v) is 28.5. The Balaban J connectivity index is 0.000000145. The van der Waals surface area contributed by atoms with Crippen LogP contribution >= 0.6 is 0 Å². The van der Waals surface area contributed by atoms with Crippen LogP contribution in [0.4, 0.5) is 0 Å². The summed E-state index contributed by atoms with van der Waals surface area (Å²) >= 11 is 0. The summed E-state index contributed by atoms with van der Waals surface area (Å²) in [6, 6.07) is 116. The van der Waals surface area contributed by atoms with Gasteiger partial charge in [-0.15, -0.1) is 0 Å². The summed E-state index contributed by atoms with van der Waals surface area (Å²) in [5.74, 6) is 0. The second kappa shape index (κ2) is 29.3. The highest BCUT2D eigenvalue weighted by Crippen LogP contribution is 2.38. The number of aromatic nitrogens is 14. The Bertz CT molecular complexity index is 7470. The molecule has 14 nitrogen and oxygen atoms in total. The third-order valence-electron chi connectivity index (χ3n) is 21.2. The van der Waals surface area contributed by atoms with Gasteiger partial charge in [-0.3, -0.25) is 29.9 Å². The van der Waals surface area contributed by atoms with Crippen LogP contribution in [0.2, 0.25) is 0 Å². The highest BCUT2D eigenvalue weighted by molar-refractivity contribution is 6.05. The number of fused-ring (bicyclic) bond motifs is 10. The topological polar surface area (TPSA) is 180 Å². The van der Waals surface area contributed by atoms with Crippen LogP contribution in [0.1, 0.15) is 0 Å². The molecule has 0 atom stereocenters. The lowest BCUT2D eigenvalue weighted by Gasteiger charge is -2.11. The maximum atomic E-state index is 5.12. The number of benzene rings is 8. The van der Waals surface area contributed by atoms with Crippen molar-refractivity contribution in [2.45, 2.75) is 0 Å². The van der Waals surface area contributed by atoms with Crippen LogP contribution in [0.25, 0.3) is 223 Å². The van der Waals surface area contributed by atoms with Crippen molar-refractivity contribution in [3.8, 4) is 135 Å². The van der Waals surface area contributed by atoms with E-state index >= 15 is 0 Å². The minimum Gasteiger partial charge on any atom is -0.255 e. The van der Waals surface area contributed by atoms with Crippen molar-refractivity contribution in [1.29, 1.82) is 0 Å². The fourth-order valence-corrected chi connectivity index (χ4v) is 15.2. The summed E-state index contributed by atoms with van der Waals surface area (Å²) in [4.78, 5) is 67.6. The molecule has 0 fully saturated rings. The molecule has 0 unspecified atom stereocenters. The Kier molecular flexibility index (Phi) is 17.2. The molecule has 0 saturated heterocycles. The standard InChI is InChI=1S/2C51H31N7/c1-3-24-52-44(10-1)48-30-40(31-49(57-48)45-11-2-4-25-53-45)34-7-5-8-37(27-34)41-21-17-38-28-35(15-19-42(38)55-41)36-16-20-43-39(29-36)18-23-46(56-43)47-22-14-33-13-12-32-9-6-26-54-50(32)51(33)58-47;1-3-25-52-44(7-1)48-30-40(31-49(57-48)45-8-2-4-26-53-45)32-9-11-33(12-10-32)41-22-18-38-28-36(16-20-42(38)55-41)37-17-21-43-39(29-37)19-24-46(56-43)47-23-15-35-14-13-34-6-5-27-54-50(34)51(35)58-47/h2*1-31H. The van der Waals surface area contributed by atoms with Gasteiger partial charge in [-0.25, -0.2) is 39.9 Å². The molecule has 0 aliphatic heterocycles. The third kappa shape index (κ3) is 13.4. The van der Waals surface area contributed by atoms with E-state index in [1.165, 1.54) is 0 Å². The van der Waals surface area contributed by atoms with Crippen LogP contribution in [0, 0.1) is 0 Å². The van der Waals surface area contributed by atoms with Gasteiger partial charge in [0.25, 0.3) is 0 Å². The molecule has 14 aromatic heterocycles. The van der Waals surface area contributed by atoms with E-state index in [0.717, 1.165) is 223 Å². The molecule has 14 heteroatoms. The smallest absolute Gasteiger partial charge is 0.0972 e. The number of nitrogens with zero attached hydrogens (tertiary/aromatic N) is 14. The van der Waals surface area contributed by atoms with Gasteiger partial charge < -0.3 is 0 Å². The molecule has 116 heavy (non-hydrogen) atoms. The fourth-order valence-electron chi connectivity index (χ4n) is 15.2. The second-order valence-electron chi connectivity index (χ2n) is 28.5. The van der Waals surface area contributed by atoms with Crippen molar-refractivity contribution < 1.29 is 0 Å². The van der Waals surface area contributed by atoms with Gasteiger partial charge >= 0.3 is 0 Å². The largest absolute Gasteiger partial charge is 0.255 e. The molecule has 8 aromatic carbocycles. The predicted molar refractivity (Wildman–Crippen MR) is 467 cm³/mol. The van der Waals surface area contributed by atoms with E-state index in [4.69, 9.17) is 39.9 Å². The van der Waals surface area contributed by atoms with Gasteiger partial charge in [0, 0.05) is 91.4 Å². The molecule has 0 radical (unpaired) electrons. The normalized spacial score (nSPS) is 11.4. The number of hydrogen-bond donors (Lipinski definition) is 0. The van der Waals surface area contributed by atoms with Gasteiger partial charge in [-0.1, -0.05) is 164 Å². The van der Waals surface area contributed by atoms with E-state index in [9.17, 15) is 0 Å². The lowest BCUT2D eigenvalue weighted by Crippen LogP contribution is -1.94. The first-order chi connectivity index (χ1) is 57.4. The zero-order valence-corrected chi connectivity index (χ0v) is 62.1. The molecule has 540 valence electrons. The first kappa shape index (κ1) is 68.0. The molecule has 0 bridgehead atoms. The maximum absolute atomic E-state index is 5.12. The Morgan fingerprint density at radius 3 is 0.802 bits per heavy atom. The summed E-state index contributed by atoms with van der Waals surface area (Å²) in [5, 5.41) is 8.55. The molecule has 0 spiro atoms. The molecular formula is C102H62N14. The van der Waals surface area contributed by atoms with Gasteiger partial charge in [0.15, 0.2) is 0 Å². The predicted octanol–water partition coefficient (Wildman–Crippen LogP) is 24.1. The molecule has 0 aliphatic rings. The van der Waals surface area contributed by atoms with Crippen molar-refractivity contribution in [3.05, 3.63) is 377 Å².